The monoisotopic (exact) mass is 284 g/mol. The molecule has 1 aromatic heterocycles. The van der Waals surface area contributed by atoms with E-state index in [-0.39, 0.29) is 11.7 Å². The summed E-state index contributed by atoms with van der Waals surface area (Å²) in [6.07, 6.45) is 0. The fourth-order valence-corrected chi connectivity index (χ4v) is 2.13. The summed E-state index contributed by atoms with van der Waals surface area (Å²) in [5.41, 5.74) is 0.586. The molecule has 0 amide bonds. The van der Waals surface area contributed by atoms with Crippen molar-refractivity contribution in [2.75, 3.05) is 18.0 Å². The highest BCUT2D eigenvalue weighted by Crippen LogP contribution is 2.24. The molecular formula is C15H16N4O2. The maximum absolute atomic E-state index is 11.2. The quantitative estimate of drug-likeness (QED) is 0.906. The highest BCUT2D eigenvalue weighted by Gasteiger charge is 2.18. The Kier molecular flexibility index (Phi) is 4.33. The molecule has 2 aromatic rings. The van der Waals surface area contributed by atoms with Crippen LogP contribution in [0.5, 0.6) is 0 Å². The molecule has 6 nitrogen and oxygen atoms in total. The number of carboxylic acid groups (broad SMARTS) is 1. The number of hydrogen-bond acceptors (Lipinski definition) is 5. The van der Waals surface area contributed by atoms with E-state index in [1.165, 1.54) is 0 Å². The second-order valence-corrected chi connectivity index (χ2v) is 4.76. The maximum Gasteiger partial charge on any atom is 0.374 e. The van der Waals surface area contributed by atoms with E-state index in [2.05, 4.69) is 16.0 Å². The van der Waals surface area contributed by atoms with E-state index in [1.807, 2.05) is 30.9 Å². The van der Waals surface area contributed by atoms with Crippen molar-refractivity contribution in [3.05, 3.63) is 30.1 Å². The molecule has 0 bridgehead atoms. The van der Waals surface area contributed by atoms with E-state index in [9.17, 15) is 4.79 Å². The number of anilines is 1. The van der Waals surface area contributed by atoms with Crippen LogP contribution in [0.3, 0.4) is 0 Å². The number of fused-ring (bicyclic) bond motifs is 1. The predicted molar refractivity (Wildman–Crippen MR) is 79.2 cm³/mol. The van der Waals surface area contributed by atoms with Gasteiger partial charge >= 0.3 is 5.97 Å². The largest absolute Gasteiger partial charge is 0.475 e. The highest BCUT2D eigenvalue weighted by atomic mass is 16.4. The average molecular weight is 284 g/mol. The van der Waals surface area contributed by atoms with Gasteiger partial charge < -0.3 is 10.0 Å². The Morgan fingerprint density at radius 2 is 2.14 bits per heavy atom. The summed E-state index contributed by atoms with van der Waals surface area (Å²) in [6.45, 7) is 4.89. The fourth-order valence-electron chi connectivity index (χ4n) is 2.13. The third kappa shape index (κ3) is 3.08. The lowest BCUT2D eigenvalue weighted by molar-refractivity contribution is 0.0684. The van der Waals surface area contributed by atoms with Gasteiger partial charge in [-0.2, -0.15) is 5.26 Å². The zero-order chi connectivity index (χ0) is 15.4. The Balaban J connectivity index is 2.59. The first-order chi connectivity index (χ1) is 10.1. The van der Waals surface area contributed by atoms with E-state index in [0.29, 0.717) is 24.4 Å². The number of rotatable bonds is 5. The topological polar surface area (TPSA) is 90.1 Å². The van der Waals surface area contributed by atoms with Crippen molar-refractivity contribution < 1.29 is 9.90 Å². The summed E-state index contributed by atoms with van der Waals surface area (Å²) in [5.74, 6) is -1.01. The van der Waals surface area contributed by atoms with Gasteiger partial charge in [0.1, 0.15) is 5.82 Å². The summed E-state index contributed by atoms with van der Waals surface area (Å²) in [4.78, 5) is 21.3. The SMILES string of the molecule is CCN(CC(C)C#N)c1nc(C(=O)O)nc2ccccc12. The fraction of sp³-hybridized carbons (Fsp3) is 0.333. The Labute approximate surface area is 122 Å². The van der Waals surface area contributed by atoms with Gasteiger partial charge in [0.15, 0.2) is 0 Å². The average Bonchev–Trinajstić information content (AvgIpc) is 2.51. The summed E-state index contributed by atoms with van der Waals surface area (Å²) < 4.78 is 0. The van der Waals surface area contributed by atoms with Crippen LogP contribution in [0.1, 0.15) is 24.5 Å². The van der Waals surface area contributed by atoms with Gasteiger partial charge in [0, 0.05) is 18.5 Å². The third-order valence-electron chi connectivity index (χ3n) is 3.17. The molecule has 6 heteroatoms. The minimum Gasteiger partial charge on any atom is -0.475 e. The van der Waals surface area contributed by atoms with E-state index in [1.54, 1.807) is 12.1 Å². The van der Waals surface area contributed by atoms with Gasteiger partial charge in [-0.25, -0.2) is 14.8 Å². The Morgan fingerprint density at radius 1 is 1.43 bits per heavy atom. The number of aromatic carboxylic acids is 1. The van der Waals surface area contributed by atoms with Crippen molar-refractivity contribution in [2.24, 2.45) is 5.92 Å². The van der Waals surface area contributed by atoms with E-state index >= 15 is 0 Å². The standard InChI is InChI=1S/C15H16N4O2/c1-3-19(9-10(2)8-16)14-11-6-4-5-7-12(11)17-13(18-14)15(20)21/h4-7,10H,3,9H2,1-2H3,(H,20,21). The lowest BCUT2D eigenvalue weighted by Gasteiger charge is -2.24. The van der Waals surface area contributed by atoms with Crippen LogP contribution in [0.25, 0.3) is 10.9 Å². The molecule has 0 saturated carbocycles. The summed E-state index contributed by atoms with van der Waals surface area (Å²) in [5, 5.41) is 18.9. The van der Waals surface area contributed by atoms with Crippen molar-refractivity contribution in [3.63, 3.8) is 0 Å². The predicted octanol–water partition coefficient (Wildman–Crippen LogP) is 2.31. The van der Waals surface area contributed by atoms with Gasteiger partial charge in [-0.05, 0) is 26.0 Å². The molecule has 108 valence electrons. The van der Waals surface area contributed by atoms with Crippen LogP contribution < -0.4 is 4.90 Å². The molecule has 0 aliphatic carbocycles. The molecule has 0 aliphatic heterocycles. The van der Waals surface area contributed by atoms with E-state index in [0.717, 1.165) is 5.39 Å². The van der Waals surface area contributed by atoms with Gasteiger partial charge in [0.2, 0.25) is 5.82 Å². The van der Waals surface area contributed by atoms with Gasteiger partial charge in [0.05, 0.1) is 17.5 Å². The zero-order valence-electron chi connectivity index (χ0n) is 11.9. The minimum atomic E-state index is -1.16. The zero-order valence-corrected chi connectivity index (χ0v) is 11.9. The normalized spacial score (nSPS) is 11.9. The third-order valence-corrected chi connectivity index (χ3v) is 3.17. The van der Waals surface area contributed by atoms with Crippen LogP contribution in [-0.4, -0.2) is 34.1 Å². The molecule has 1 aromatic carbocycles. The van der Waals surface area contributed by atoms with Gasteiger partial charge in [-0.15, -0.1) is 0 Å². The molecule has 0 spiro atoms. The lowest BCUT2D eigenvalue weighted by Crippen LogP contribution is -2.29. The van der Waals surface area contributed by atoms with Gasteiger partial charge in [-0.1, -0.05) is 12.1 Å². The Morgan fingerprint density at radius 3 is 2.76 bits per heavy atom. The van der Waals surface area contributed by atoms with E-state index < -0.39 is 5.97 Å². The highest BCUT2D eigenvalue weighted by molar-refractivity contribution is 5.93. The molecule has 2 rings (SSSR count). The molecule has 0 radical (unpaired) electrons. The summed E-state index contributed by atoms with van der Waals surface area (Å²) in [7, 11) is 0. The second kappa shape index (κ2) is 6.18. The maximum atomic E-state index is 11.2. The number of aromatic nitrogens is 2. The number of para-hydroxylation sites is 1. The number of nitrogens with zero attached hydrogens (tertiary/aromatic N) is 4. The molecule has 21 heavy (non-hydrogen) atoms. The van der Waals surface area contributed by atoms with Crippen molar-refractivity contribution >= 4 is 22.7 Å². The van der Waals surface area contributed by atoms with Gasteiger partial charge in [-0.3, -0.25) is 0 Å². The van der Waals surface area contributed by atoms with Crippen molar-refractivity contribution in [2.45, 2.75) is 13.8 Å². The molecule has 1 atom stereocenters. The van der Waals surface area contributed by atoms with Crippen molar-refractivity contribution in [3.8, 4) is 6.07 Å². The summed E-state index contributed by atoms with van der Waals surface area (Å²) >= 11 is 0. The molecule has 1 N–H and O–H groups in total. The smallest absolute Gasteiger partial charge is 0.374 e. The van der Waals surface area contributed by atoms with Crippen LogP contribution in [0.4, 0.5) is 5.82 Å². The molecule has 0 fully saturated rings. The number of carbonyl (C=O) groups is 1. The van der Waals surface area contributed by atoms with Crippen molar-refractivity contribution in [1.82, 2.24) is 9.97 Å². The van der Waals surface area contributed by atoms with Crippen LogP contribution in [0.2, 0.25) is 0 Å². The Bertz CT molecular complexity index is 708. The number of nitriles is 1. The Hall–Kier alpha value is -2.68. The van der Waals surface area contributed by atoms with Gasteiger partial charge in [0.25, 0.3) is 0 Å². The molecule has 1 unspecified atom stereocenters. The molecule has 0 aliphatic rings. The number of carboxylic acids is 1. The number of benzene rings is 1. The van der Waals surface area contributed by atoms with E-state index in [4.69, 9.17) is 10.4 Å². The minimum absolute atomic E-state index is 0.174. The first-order valence-corrected chi connectivity index (χ1v) is 6.71. The van der Waals surface area contributed by atoms with Crippen LogP contribution in [-0.2, 0) is 0 Å². The molecule has 0 saturated heterocycles. The molecular weight excluding hydrogens is 268 g/mol. The number of hydrogen-bond donors (Lipinski definition) is 1. The van der Waals surface area contributed by atoms with Crippen molar-refractivity contribution in [1.29, 1.82) is 5.26 Å². The first-order valence-electron chi connectivity index (χ1n) is 6.71. The van der Waals surface area contributed by atoms with Crippen LogP contribution >= 0.6 is 0 Å². The first kappa shape index (κ1) is 14.7. The molecule has 1 heterocycles. The summed E-state index contributed by atoms with van der Waals surface area (Å²) in [6, 6.07) is 9.46. The van der Waals surface area contributed by atoms with Crippen LogP contribution in [0, 0.1) is 17.2 Å². The van der Waals surface area contributed by atoms with Crippen LogP contribution in [0.15, 0.2) is 24.3 Å². The second-order valence-electron chi connectivity index (χ2n) is 4.76. The lowest BCUT2D eigenvalue weighted by atomic mass is 10.1.